The summed E-state index contributed by atoms with van der Waals surface area (Å²) in [5.41, 5.74) is 5.81. The summed E-state index contributed by atoms with van der Waals surface area (Å²) in [6.07, 6.45) is 16.7. The second-order valence-corrected chi connectivity index (χ2v) is 11.4. The summed E-state index contributed by atoms with van der Waals surface area (Å²) < 4.78 is 2.46. The van der Waals surface area contributed by atoms with Crippen LogP contribution in [0.3, 0.4) is 0 Å². The fourth-order valence-electron chi connectivity index (χ4n) is 5.65. The van der Waals surface area contributed by atoms with Crippen LogP contribution in [0.2, 0.25) is 0 Å². The van der Waals surface area contributed by atoms with E-state index < -0.39 is 0 Å². The van der Waals surface area contributed by atoms with Crippen molar-refractivity contribution in [2.24, 2.45) is 0 Å². The van der Waals surface area contributed by atoms with E-state index in [0.717, 1.165) is 49.9 Å². The Kier molecular flexibility index (Phi) is 13.0. The highest BCUT2D eigenvalue weighted by Gasteiger charge is 2.10. The summed E-state index contributed by atoms with van der Waals surface area (Å²) in [6.45, 7) is 4.08. The summed E-state index contributed by atoms with van der Waals surface area (Å²) in [7, 11) is 0. The van der Waals surface area contributed by atoms with Crippen LogP contribution in [0, 0.1) is 0 Å². The molecule has 1 amide bonds. The maximum atomic E-state index is 12.5. The zero-order valence-electron chi connectivity index (χ0n) is 25.1. The van der Waals surface area contributed by atoms with Crippen molar-refractivity contribution >= 4 is 16.9 Å². The average molecular weight is 552 g/mol. The maximum absolute atomic E-state index is 12.5. The Morgan fingerprint density at radius 3 is 2.07 bits per heavy atom. The molecule has 4 heteroatoms. The Labute approximate surface area is 247 Å². The first kappa shape index (κ1) is 30.6. The van der Waals surface area contributed by atoms with E-state index in [1.54, 1.807) is 0 Å². The molecule has 0 unspecified atom stereocenters. The van der Waals surface area contributed by atoms with E-state index in [-0.39, 0.29) is 5.91 Å². The maximum Gasteiger partial charge on any atom is 0.224 e. The molecule has 4 nitrogen and oxygen atoms in total. The van der Waals surface area contributed by atoms with Gasteiger partial charge < -0.3 is 9.88 Å². The number of benzene rings is 3. The number of aromatic nitrogens is 2. The van der Waals surface area contributed by atoms with E-state index in [9.17, 15) is 4.79 Å². The molecule has 0 aliphatic rings. The van der Waals surface area contributed by atoms with Crippen LogP contribution in [0.4, 0.5) is 0 Å². The molecule has 0 saturated carbocycles. The monoisotopic (exact) mass is 551 g/mol. The number of fused-ring (bicyclic) bond motifs is 1. The lowest BCUT2D eigenvalue weighted by atomic mass is 10.0. The number of aryl methyl sites for hydroxylation is 2. The quantitative estimate of drug-likeness (QED) is 0.118. The summed E-state index contributed by atoms with van der Waals surface area (Å²) in [5.74, 6) is 1.31. The SMILES string of the molecule is CCCCCCCCCCCn1c(CCCCCNC(=O)Cc2ccc(-c3ccccc3)cc2)nc2ccccc21. The van der Waals surface area contributed by atoms with Gasteiger partial charge in [0.25, 0.3) is 0 Å². The zero-order chi connectivity index (χ0) is 28.5. The number of carbonyl (C=O) groups is 1. The summed E-state index contributed by atoms with van der Waals surface area (Å²) in [5, 5.41) is 3.11. The Morgan fingerprint density at radius 2 is 1.32 bits per heavy atom. The van der Waals surface area contributed by atoms with Crippen molar-refractivity contribution in [1.82, 2.24) is 14.9 Å². The average Bonchev–Trinajstić information content (AvgIpc) is 3.36. The number of nitrogens with zero attached hydrogens (tertiary/aromatic N) is 2. The highest BCUT2D eigenvalue weighted by Crippen LogP contribution is 2.21. The van der Waals surface area contributed by atoms with Crippen molar-refractivity contribution in [1.29, 1.82) is 0 Å². The van der Waals surface area contributed by atoms with E-state index in [2.05, 4.69) is 77.5 Å². The molecule has 0 bridgehead atoms. The summed E-state index contributed by atoms with van der Waals surface area (Å²) >= 11 is 0. The number of amides is 1. The molecule has 0 saturated heterocycles. The first-order valence-corrected chi connectivity index (χ1v) is 16.1. The van der Waals surface area contributed by atoms with Crippen molar-refractivity contribution in [3.05, 3.63) is 90.3 Å². The molecule has 3 aromatic carbocycles. The minimum Gasteiger partial charge on any atom is -0.356 e. The molecule has 0 radical (unpaired) electrons. The number of hydrogen-bond acceptors (Lipinski definition) is 2. The van der Waals surface area contributed by atoms with Crippen LogP contribution < -0.4 is 5.32 Å². The van der Waals surface area contributed by atoms with Gasteiger partial charge in [-0.2, -0.15) is 0 Å². The van der Waals surface area contributed by atoms with Gasteiger partial charge in [-0.05, 0) is 48.1 Å². The molecular formula is C37H49N3O. The van der Waals surface area contributed by atoms with Gasteiger partial charge in [0.15, 0.2) is 0 Å². The van der Waals surface area contributed by atoms with E-state index >= 15 is 0 Å². The number of imidazole rings is 1. The molecule has 0 aliphatic carbocycles. The molecule has 0 atom stereocenters. The minimum absolute atomic E-state index is 0.0974. The fourth-order valence-corrected chi connectivity index (χ4v) is 5.65. The van der Waals surface area contributed by atoms with Crippen LogP contribution in [0.25, 0.3) is 22.2 Å². The van der Waals surface area contributed by atoms with Gasteiger partial charge in [-0.1, -0.05) is 131 Å². The molecule has 0 fully saturated rings. The van der Waals surface area contributed by atoms with Crippen molar-refractivity contribution < 1.29 is 4.79 Å². The number of unbranched alkanes of at least 4 members (excludes halogenated alkanes) is 10. The van der Waals surface area contributed by atoms with Crippen LogP contribution in [-0.4, -0.2) is 22.0 Å². The first-order valence-electron chi connectivity index (χ1n) is 16.1. The zero-order valence-corrected chi connectivity index (χ0v) is 25.1. The lowest BCUT2D eigenvalue weighted by Crippen LogP contribution is -2.26. The van der Waals surface area contributed by atoms with Crippen LogP contribution in [0.1, 0.15) is 95.4 Å². The fraction of sp³-hybridized carbons (Fsp3) is 0.459. The largest absolute Gasteiger partial charge is 0.356 e. The van der Waals surface area contributed by atoms with Gasteiger partial charge in [0.2, 0.25) is 5.91 Å². The second kappa shape index (κ2) is 17.4. The standard InChI is InChI=1S/C37H49N3O/c1-2-3-4-5-6-7-8-9-18-29-40-35-22-16-15-21-34(35)39-36(40)23-14-11-17-28-38-37(41)30-31-24-26-33(27-25-31)32-19-12-10-13-20-32/h10,12-13,15-16,19-22,24-27H,2-9,11,14,17-18,23,28-30H2,1H3,(H,38,41). The third-order valence-corrected chi connectivity index (χ3v) is 8.04. The lowest BCUT2D eigenvalue weighted by Gasteiger charge is -2.10. The van der Waals surface area contributed by atoms with Crippen molar-refractivity contribution in [2.45, 2.75) is 103 Å². The molecule has 0 spiro atoms. The third-order valence-electron chi connectivity index (χ3n) is 8.04. The highest BCUT2D eigenvalue weighted by molar-refractivity contribution is 5.79. The molecule has 4 aromatic rings. The smallest absolute Gasteiger partial charge is 0.224 e. The summed E-state index contributed by atoms with van der Waals surface area (Å²) in [6, 6.07) is 27.2. The van der Waals surface area contributed by atoms with Crippen molar-refractivity contribution in [3.8, 4) is 11.1 Å². The van der Waals surface area contributed by atoms with Gasteiger partial charge >= 0.3 is 0 Å². The minimum atomic E-state index is 0.0974. The van der Waals surface area contributed by atoms with Crippen molar-refractivity contribution in [3.63, 3.8) is 0 Å². The van der Waals surface area contributed by atoms with E-state index in [0.29, 0.717) is 6.42 Å². The molecule has 1 heterocycles. The van der Waals surface area contributed by atoms with Gasteiger partial charge in [-0.25, -0.2) is 4.98 Å². The predicted octanol–water partition coefficient (Wildman–Crippen LogP) is 9.31. The molecule has 1 aromatic heterocycles. The Hall–Kier alpha value is -3.40. The third kappa shape index (κ3) is 10.2. The molecule has 1 N–H and O–H groups in total. The molecule has 4 rings (SSSR count). The number of nitrogens with one attached hydrogen (secondary N) is 1. The van der Waals surface area contributed by atoms with Crippen LogP contribution >= 0.6 is 0 Å². The first-order chi connectivity index (χ1) is 20.2. The molecule has 41 heavy (non-hydrogen) atoms. The number of hydrogen-bond donors (Lipinski definition) is 1. The Morgan fingerprint density at radius 1 is 0.683 bits per heavy atom. The van der Waals surface area contributed by atoms with Crippen LogP contribution in [0.15, 0.2) is 78.9 Å². The van der Waals surface area contributed by atoms with E-state index in [1.165, 1.54) is 80.3 Å². The van der Waals surface area contributed by atoms with Crippen molar-refractivity contribution in [2.75, 3.05) is 6.54 Å². The number of carbonyl (C=O) groups excluding carboxylic acids is 1. The van der Waals surface area contributed by atoms with Gasteiger partial charge in [0.1, 0.15) is 5.82 Å². The number of para-hydroxylation sites is 2. The number of rotatable bonds is 19. The Balaban J connectivity index is 1.13. The Bertz CT molecular complexity index is 1290. The summed E-state index contributed by atoms with van der Waals surface area (Å²) in [4.78, 5) is 17.4. The normalized spacial score (nSPS) is 11.2. The lowest BCUT2D eigenvalue weighted by molar-refractivity contribution is -0.120. The van der Waals surface area contributed by atoms with Crippen LogP contribution in [-0.2, 0) is 24.2 Å². The molecule has 0 aliphatic heterocycles. The highest BCUT2D eigenvalue weighted by atomic mass is 16.1. The topological polar surface area (TPSA) is 46.9 Å². The van der Waals surface area contributed by atoms with Crippen LogP contribution in [0.5, 0.6) is 0 Å². The van der Waals surface area contributed by atoms with E-state index in [4.69, 9.17) is 4.98 Å². The molecule has 218 valence electrons. The molecular weight excluding hydrogens is 502 g/mol. The second-order valence-electron chi connectivity index (χ2n) is 11.4. The predicted molar refractivity (Wildman–Crippen MR) is 173 cm³/mol. The van der Waals surface area contributed by atoms with Gasteiger partial charge in [-0.15, -0.1) is 0 Å². The van der Waals surface area contributed by atoms with Gasteiger partial charge in [0.05, 0.1) is 17.5 Å². The van der Waals surface area contributed by atoms with E-state index in [1.807, 2.05) is 18.2 Å². The van der Waals surface area contributed by atoms with Gasteiger partial charge in [0, 0.05) is 19.5 Å². The van der Waals surface area contributed by atoms with Gasteiger partial charge in [-0.3, -0.25) is 4.79 Å².